The number of carbonyl (C=O) groups excluding carboxylic acids is 1. The molecule has 2 aliphatic heterocycles. The number of aldehydes is 1. The summed E-state index contributed by atoms with van der Waals surface area (Å²) in [5.41, 5.74) is 6.40. The van der Waals surface area contributed by atoms with E-state index in [1.807, 2.05) is 26.1 Å². The Morgan fingerprint density at radius 2 is 2.04 bits per heavy atom. The molecule has 2 aromatic carbocycles. The predicted molar refractivity (Wildman–Crippen MR) is 177 cm³/mol. The number of hydrogen-bond donors (Lipinski definition) is 4. The largest absolute Gasteiger partial charge is 0.408 e. The second-order valence-corrected chi connectivity index (χ2v) is 11.6. The molecule has 1 saturated heterocycles. The fourth-order valence-corrected chi connectivity index (χ4v) is 6.07. The second-order valence-electron chi connectivity index (χ2n) is 11.2. The smallest absolute Gasteiger partial charge is 0.381 e. The molecule has 45 heavy (non-hydrogen) atoms. The Balaban J connectivity index is 1.57. The monoisotopic (exact) mass is 642 g/mol. The maximum absolute atomic E-state index is 13.3. The minimum Gasteiger partial charge on any atom is -0.381 e. The van der Waals surface area contributed by atoms with Crippen LogP contribution in [0.3, 0.4) is 0 Å². The lowest BCUT2D eigenvalue weighted by Crippen LogP contribution is -2.39. The van der Waals surface area contributed by atoms with Crippen LogP contribution < -0.4 is 27.3 Å². The third kappa shape index (κ3) is 7.69. The Morgan fingerprint density at radius 1 is 1.29 bits per heavy atom. The first-order valence-corrected chi connectivity index (χ1v) is 14.8. The third-order valence-corrected chi connectivity index (χ3v) is 8.55. The first-order valence-electron chi connectivity index (χ1n) is 14.4. The van der Waals surface area contributed by atoms with Crippen LogP contribution in [0.5, 0.6) is 0 Å². The van der Waals surface area contributed by atoms with Crippen molar-refractivity contribution in [3.63, 3.8) is 0 Å². The summed E-state index contributed by atoms with van der Waals surface area (Å²) >= 11 is 6.32. The van der Waals surface area contributed by atoms with Gasteiger partial charge in [0.15, 0.2) is 0 Å². The van der Waals surface area contributed by atoms with Gasteiger partial charge < -0.3 is 21.4 Å². The predicted octanol–water partition coefficient (Wildman–Crippen LogP) is 5.70. The van der Waals surface area contributed by atoms with Gasteiger partial charge in [-0.25, -0.2) is 5.84 Å². The van der Waals surface area contributed by atoms with E-state index in [0.717, 1.165) is 28.9 Å². The number of hydrazine groups is 1. The number of rotatable bonds is 10. The van der Waals surface area contributed by atoms with E-state index in [1.165, 1.54) is 17.4 Å². The maximum Gasteiger partial charge on any atom is 0.408 e. The quantitative estimate of drug-likeness (QED) is 0.0655. The van der Waals surface area contributed by atoms with Gasteiger partial charge in [-0.15, -0.1) is 0 Å². The van der Waals surface area contributed by atoms with Crippen molar-refractivity contribution in [3.05, 3.63) is 81.7 Å². The molecule has 0 spiro atoms. The number of likely N-dealkylation sites (tertiary alicyclic amines) is 1. The Morgan fingerprint density at radius 3 is 2.71 bits per heavy atom. The van der Waals surface area contributed by atoms with Crippen LogP contribution >= 0.6 is 11.6 Å². The van der Waals surface area contributed by atoms with Gasteiger partial charge in [0.1, 0.15) is 18.7 Å². The molecule has 6 N–H and O–H groups in total. The maximum atomic E-state index is 13.3. The number of hydrogen-bond acceptors (Lipinski definition) is 8. The summed E-state index contributed by atoms with van der Waals surface area (Å²) in [5.74, 6) is 11.6. The molecule has 13 heteroatoms. The molecule has 0 amide bonds. The van der Waals surface area contributed by atoms with Crippen LogP contribution in [0.4, 0.5) is 24.5 Å². The molecule has 1 fully saturated rings. The fourth-order valence-electron chi connectivity index (χ4n) is 5.90. The topological polar surface area (TPSA) is 124 Å². The first-order chi connectivity index (χ1) is 21.4. The molecule has 0 radical (unpaired) electrons. The van der Waals surface area contributed by atoms with Crippen LogP contribution in [-0.4, -0.2) is 56.1 Å². The highest BCUT2D eigenvalue weighted by atomic mass is 35.5. The summed E-state index contributed by atoms with van der Waals surface area (Å²) in [7, 11) is 2.00. The van der Waals surface area contributed by atoms with E-state index < -0.39 is 12.2 Å². The van der Waals surface area contributed by atoms with Crippen LogP contribution in [0.25, 0.3) is 11.3 Å². The number of alkyl halides is 3. The number of hydrazone groups is 1. The lowest BCUT2D eigenvalue weighted by molar-refractivity contribution is -0.144. The van der Waals surface area contributed by atoms with Gasteiger partial charge >= 0.3 is 6.18 Å². The summed E-state index contributed by atoms with van der Waals surface area (Å²) in [4.78, 5) is 18.0. The Kier molecular flexibility index (Phi) is 10.6. The molecule has 0 saturated carbocycles. The summed E-state index contributed by atoms with van der Waals surface area (Å²) in [6.07, 6.45) is 2.22. The minimum atomic E-state index is -4.30. The Labute approximate surface area is 266 Å². The first kappa shape index (κ1) is 33.6. The number of benzene rings is 2. The highest BCUT2D eigenvalue weighted by molar-refractivity contribution is 6.31. The van der Waals surface area contributed by atoms with Crippen molar-refractivity contribution in [3.8, 4) is 0 Å². The number of halogens is 4. The minimum absolute atomic E-state index is 0.0217. The molecule has 0 aromatic heterocycles. The highest BCUT2D eigenvalue weighted by Crippen LogP contribution is 2.37. The molecule has 3 atom stereocenters. The van der Waals surface area contributed by atoms with Crippen molar-refractivity contribution in [2.75, 3.05) is 23.9 Å². The lowest BCUT2D eigenvalue weighted by Gasteiger charge is -2.29. The number of allylic oxidation sites excluding steroid dienone is 5. The highest BCUT2D eigenvalue weighted by Gasteiger charge is 2.41. The molecule has 9 nitrogen and oxygen atoms in total. The van der Waals surface area contributed by atoms with E-state index in [-0.39, 0.29) is 18.4 Å². The zero-order valence-corrected chi connectivity index (χ0v) is 26.2. The van der Waals surface area contributed by atoms with Crippen molar-refractivity contribution < 1.29 is 18.0 Å². The van der Waals surface area contributed by atoms with Crippen molar-refractivity contribution in [1.82, 2.24) is 10.2 Å². The molecule has 0 bridgehead atoms. The number of aliphatic imine (C=N–C) groups is 1. The fraction of sp³-hybridized carbons (Fsp3) is 0.344. The van der Waals surface area contributed by atoms with Gasteiger partial charge in [0.05, 0.1) is 17.1 Å². The van der Waals surface area contributed by atoms with Crippen LogP contribution in [0.2, 0.25) is 5.02 Å². The number of anilines is 2. The van der Waals surface area contributed by atoms with Crippen molar-refractivity contribution in [1.29, 1.82) is 0 Å². The summed E-state index contributed by atoms with van der Waals surface area (Å²) < 4.78 is 39.8. The van der Waals surface area contributed by atoms with Gasteiger partial charge in [0, 0.05) is 41.6 Å². The number of carbonyl (C=O) groups is 1. The van der Waals surface area contributed by atoms with Crippen LogP contribution in [0.15, 0.2) is 70.0 Å². The van der Waals surface area contributed by atoms with Gasteiger partial charge in [-0.05, 0) is 98.0 Å². The molecule has 2 aromatic rings. The second kappa shape index (κ2) is 14.2. The van der Waals surface area contributed by atoms with Gasteiger partial charge in [-0.3, -0.25) is 14.8 Å². The van der Waals surface area contributed by atoms with Crippen LogP contribution in [-0.2, 0) is 11.2 Å². The summed E-state index contributed by atoms with van der Waals surface area (Å²) in [6.45, 7) is 8.21. The van der Waals surface area contributed by atoms with Crippen LogP contribution in [0, 0.1) is 5.92 Å². The van der Waals surface area contributed by atoms with E-state index >= 15 is 0 Å². The van der Waals surface area contributed by atoms with E-state index in [2.05, 4.69) is 39.3 Å². The average Bonchev–Trinajstić information content (AvgIpc) is 3.27. The molecule has 2 unspecified atom stereocenters. The van der Waals surface area contributed by atoms with Gasteiger partial charge in [-0.1, -0.05) is 24.6 Å². The SMILES string of the molecule is C=N/C(C)=C(\NCC1C[C@@H](C)/C(=C/C(=C\C=O)c2cc(Cl)ccc2N(N)/C=N\N)N1C)c1ccc2c(c1)CCC(C(F)(F)F)N2. The Bertz CT molecular complexity index is 1550. The molecule has 0 aliphatic carbocycles. The zero-order chi connectivity index (χ0) is 32.9. The van der Waals surface area contributed by atoms with Gasteiger partial charge in [0.25, 0.3) is 0 Å². The van der Waals surface area contributed by atoms with Crippen molar-refractivity contribution >= 4 is 53.6 Å². The molecule has 240 valence electrons. The van der Waals surface area contributed by atoms with Gasteiger partial charge in [-0.2, -0.15) is 18.3 Å². The molecule has 2 aliphatic rings. The number of nitrogens with zero attached hydrogens (tertiary/aromatic N) is 4. The molecule has 2 heterocycles. The number of nitrogens with two attached hydrogens (primary N) is 2. The molecular weight excluding hydrogens is 605 g/mol. The number of likely N-dealkylation sites (N-methyl/N-ethyl adjacent to an activating group) is 1. The van der Waals surface area contributed by atoms with Gasteiger partial charge in [0.2, 0.25) is 0 Å². The van der Waals surface area contributed by atoms with E-state index in [4.69, 9.17) is 23.3 Å². The summed E-state index contributed by atoms with van der Waals surface area (Å²) in [5, 5.41) is 11.4. The van der Waals surface area contributed by atoms with Crippen molar-refractivity contribution in [2.24, 2.45) is 27.7 Å². The molecule has 4 rings (SSSR count). The number of aryl methyl sites for hydroxylation is 1. The van der Waals surface area contributed by atoms with E-state index in [9.17, 15) is 18.0 Å². The van der Waals surface area contributed by atoms with Crippen molar-refractivity contribution in [2.45, 2.75) is 51.4 Å². The standard InChI is InChI=1S/C32H38ClF3N8O/c1-19-13-25(43(4)29(19)15-21(11-12-45)26-16-24(33)7-9-28(26)44(38)18-41-37)17-40-31(20(2)39-3)23-5-8-27-22(14-23)6-10-30(42-27)32(34,35)36/h5,7-9,11-12,14-16,18-19,25,30,40,42H,3,6,10,13,17,37-38H2,1-2,4H3/b21-11+,29-15-,31-20-,41-18-/t19-,25?,30?/m1/s1. The molecular formula is C32H38ClF3N8O. The number of nitrogens with one attached hydrogen (secondary N) is 2. The average molecular weight is 643 g/mol. The zero-order valence-electron chi connectivity index (χ0n) is 25.4. The third-order valence-electron chi connectivity index (χ3n) is 8.31. The summed E-state index contributed by atoms with van der Waals surface area (Å²) in [6, 6.07) is 9.06. The van der Waals surface area contributed by atoms with E-state index in [1.54, 1.807) is 30.3 Å². The van der Waals surface area contributed by atoms with Crippen LogP contribution in [0.1, 0.15) is 43.4 Å². The normalized spacial score (nSPS) is 21.8. The lowest BCUT2D eigenvalue weighted by atomic mass is 9.95. The van der Waals surface area contributed by atoms with E-state index in [0.29, 0.717) is 52.5 Å². The number of fused-ring (bicyclic) bond motifs is 1. The Hall–Kier alpha value is -4.29.